The summed E-state index contributed by atoms with van der Waals surface area (Å²) in [4.78, 5) is 44.0. The predicted octanol–water partition coefficient (Wildman–Crippen LogP) is 1.38. The Morgan fingerprint density at radius 2 is 1.97 bits per heavy atom. The Morgan fingerprint density at radius 1 is 1.21 bits per heavy atom. The van der Waals surface area contributed by atoms with Crippen LogP contribution in [0.5, 0.6) is 0 Å². The van der Waals surface area contributed by atoms with Crippen LogP contribution >= 0.6 is 0 Å². The number of carbonyl (C=O) groups excluding carboxylic acids is 1. The molecule has 3 aromatic heterocycles. The van der Waals surface area contributed by atoms with Gasteiger partial charge >= 0.3 is 5.69 Å². The van der Waals surface area contributed by atoms with Crippen LogP contribution in [0.1, 0.15) is 28.4 Å². The summed E-state index contributed by atoms with van der Waals surface area (Å²) in [7, 11) is 3.00. The number of hydrogen-bond donors (Lipinski definition) is 2. The molecule has 9 nitrogen and oxygen atoms in total. The fraction of sp³-hybridized carbons (Fsp3) is 0.300. The standard InChI is InChI=1S/C20H21N5O4/c1-11-12-7-4-5-8-13(12)29-16(11)18(26)21-10-6-9-14-22-15-17(23-14)24(2)20(28)25(3)19(15)27/h4-5,7-8H,6,9-10H2,1-3H3,(H,21,26)(H,22,23). The Bertz CT molecular complexity index is 1360. The molecule has 0 aliphatic carbocycles. The first-order chi connectivity index (χ1) is 13.9. The first-order valence-corrected chi connectivity index (χ1v) is 9.29. The molecule has 4 aromatic rings. The Hall–Kier alpha value is -3.62. The zero-order chi connectivity index (χ0) is 20.7. The lowest BCUT2D eigenvalue weighted by atomic mass is 10.1. The highest BCUT2D eigenvalue weighted by molar-refractivity contribution is 5.98. The van der Waals surface area contributed by atoms with Crippen molar-refractivity contribution in [2.45, 2.75) is 19.8 Å². The van der Waals surface area contributed by atoms with E-state index in [1.165, 1.54) is 11.6 Å². The predicted molar refractivity (Wildman–Crippen MR) is 108 cm³/mol. The SMILES string of the molecule is Cc1c(C(=O)NCCCc2nc3c([nH]2)c(=O)n(C)c(=O)n3C)oc2ccccc12. The van der Waals surface area contributed by atoms with Crippen molar-refractivity contribution in [1.29, 1.82) is 0 Å². The van der Waals surface area contributed by atoms with Gasteiger partial charge in [-0.25, -0.2) is 9.78 Å². The molecule has 0 fully saturated rings. The third-order valence-electron chi connectivity index (χ3n) is 5.07. The molecule has 150 valence electrons. The van der Waals surface area contributed by atoms with E-state index in [4.69, 9.17) is 4.42 Å². The lowest BCUT2D eigenvalue weighted by Crippen LogP contribution is -2.36. The van der Waals surface area contributed by atoms with Crippen LogP contribution in [-0.2, 0) is 20.5 Å². The van der Waals surface area contributed by atoms with Gasteiger partial charge < -0.3 is 14.7 Å². The van der Waals surface area contributed by atoms with Gasteiger partial charge in [-0.3, -0.25) is 18.7 Å². The molecule has 1 aromatic carbocycles. The zero-order valence-electron chi connectivity index (χ0n) is 16.4. The number of H-pyrrole nitrogens is 1. The van der Waals surface area contributed by atoms with Gasteiger partial charge in [-0.1, -0.05) is 18.2 Å². The number of furan rings is 1. The van der Waals surface area contributed by atoms with Crippen LogP contribution < -0.4 is 16.6 Å². The topological polar surface area (TPSA) is 115 Å². The molecule has 0 spiro atoms. The second-order valence-electron chi connectivity index (χ2n) is 7.00. The summed E-state index contributed by atoms with van der Waals surface area (Å²) in [5.41, 5.74) is 1.29. The molecule has 0 saturated carbocycles. The number of aromatic amines is 1. The Kier molecular flexibility index (Phi) is 4.57. The van der Waals surface area contributed by atoms with E-state index >= 15 is 0 Å². The van der Waals surface area contributed by atoms with E-state index in [0.29, 0.717) is 47.7 Å². The Balaban J connectivity index is 1.43. The van der Waals surface area contributed by atoms with E-state index in [0.717, 1.165) is 15.5 Å². The van der Waals surface area contributed by atoms with Crippen molar-refractivity contribution in [3.05, 3.63) is 62.3 Å². The van der Waals surface area contributed by atoms with Crippen LogP contribution in [-0.4, -0.2) is 31.6 Å². The number of rotatable bonds is 5. The van der Waals surface area contributed by atoms with Crippen LogP contribution in [0.15, 0.2) is 38.3 Å². The number of hydrogen-bond acceptors (Lipinski definition) is 5. The van der Waals surface area contributed by atoms with Gasteiger partial charge in [0.05, 0.1) is 0 Å². The van der Waals surface area contributed by atoms with Crippen molar-refractivity contribution in [1.82, 2.24) is 24.4 Å². The third-order valence-corrected chi connectivity index (χ3v) is 5.07. The van der Waals surface area contributed by atoms with Crippen molar-refractivity contribution in [2.24, 2.45) is 14.1 Å². The van der Waals surface area contributed by atoms with Crippen LogP contribution in [0.25, 0.3) is 22.1 Å². The number of aromatic nitrogens is 4. The number of para-hydroxylation sites is 1. The van der Waals surface area contributed by atoms with Gasteiger partial charge in [-0.2, -0.15) is 0 Å². The van der Waals surface area contributed by atoms with E-state index in [1.54, 1.807) is 7.05 Å². The van der Waals surface area contributed by atoms with Gasteiger partial charge in [0, 0.05) is 38.0 Å². The van der Waals surface area contributed by atoms with Crippen LogP contribution in [0.2, 0.25) is 0 Å². The highest BCUT2D eigenvalue weighted by Crippen LogP contribution is 2.24. The van der Waals surface area contributed by atoms with E-state index in [2.05, 4.69) is 15.3 Å². The van der Waals surface area contributed by atoms with Crippen molar-refractivity contribution in [2.75, 3.05) is 6.54 Å². The van der Waals surface area contributed by atoms with Crippen LogP contribution in [0, 0.1) is 6.92 Å². The molecule has 4 rings (SSSR count). The van der Waals surface area contributed by atoms with Crippen molar-refractivity contribution in [3.8, 4) is 0 Å². The molecule has 3 heterocycles. The minimum Gasteiger partial charge on any atom is -0.451 e. The number of benzene rings is 1. The average molecular weight is 395 g/mol. The fourth-order valence-corrected chi connectivity index (χ4v) is 3.42. The minimum atomic E-state index is -0.422. The number of carbonyl (C=O) groups is 1. The summed E-state index contributed by atoms with van der Waals surface area (Å²) in [6.45, 7) is 2.28. The average Bonchev–Trinajstić information content (AvgIpc) is 3.30. The van der Waals surface area contributed by atoms with Gasteiger partial charge in [-0.05, 0) is 19.4 Å². The maximum Gasteiger partial charge on any atom is 0.332 e. The van der Waals surface area contributed by atoms with E-state index < -0.39 is 11.2 Å². The minimum absolute atomic E-state index is 0.264. The smallest absolute Gasteiger partial charge is 0.332 e. The number of nitrogens with one attached hydrogen (secondary N) is 2. The molecule has 1 amide bonds. The summed E-state index contributed by atoms with van der Waals surface area (Å²) in [5.74, 6) is 0.639. The quantitative estimate of drug-likeness (QED) is 0.496. The second kappa shape index (κ2) is 7.08. The fourth-order valence-electron chi connectivity index (χ4n) is 3.42. The van der Waals surface area contributed by atoms with Gasteiger partial charge in [0.15, 0.2) is 11.4 Å². The van der Waals surface area contributed by atoms with Crippen LogP contribution in [0.3, 0.4) is 0 Å². The van der Waals surface area contributed by atoms with E-state index in [1.807, 2.05) is 31.2 Å². The number of fused-ring (bicyclic) bond motifs is 2. The first kappa shape index (κ1) is 18.7. The lowest BCUT2D eigenvalue weighted by molar-refractivity contribution is 0.0927. The number of amides is 1. The number of nitrogens with zero attached hydrogens (tertiary/aromatic N) is 3. The molecule has 29 heavy (non-hydrogen) atoms. The lowest BCUT2D eigenvalue weighted by Gasteiger charge is -2.03. The molecule has 0 aliphatic heterocycles. The van der Waals surface area contributed by atoms with E-state index in [9.17, 15) is 14.4 Å². The molecule has 9 heteroatoms. The first-order valence-electron chi connectivity index (χ1n) is 9.29. The molecule has 0 aliphatic rings. The monoisotopic (exact) mass is 395 g/mol. The van der Waals surface area contributed by atoms with Crippen molar-refractivity contribution in [3.63, 3.8) is 0 Å². The summed E-state index contributed by atoms with van der Waals surface area (Å²) in [5, 5.41) is 3.77. The maximum absolute atomic E-state index is 12.4. The van der Waals surface area contributed by atoms with Gasteiger partial charge in [0.2, 0.25) is 0 Å². The third kappa shape index (κ3) is 3.14. The summed E-state index contributed by atoms with van der Waals surface area (Å²) >= 11 is 0. The molecule has 0 saturated heterocycles. The van der Waals surface area contributed by atoms with Crippen LogP contribution in [0.4, 0.5) is 0 Å². The second-order valence-corrected chi connectivity index (χ2v) is 7.00. The summed E-state index contributed by atoms with van der Waals surface area (Å²) < 4.78 is 8.04. The molecule has 0 bridgehead atoms. The normalized spacial score (nSPS) is 11.4. The number of imidazole rings is 1. The largest absolute Gasteiger partial charge is 0.451 e. The van der Waals surface area contributed by atoms with Crippen molar-refractivity contribution < 1.29 is 9.21 Å². The molecular formula is C20H21N5O4. The van der Waals surface area contributed by atoms with Gasteiger partial charge in [-0.15, -0.1) is 0 Å². The molecule has 0 unspecified atom stereocenters. The Labute approximate surface area is 165 Å². The molecule has 0 radical (unpaired) electrons. The Morgan fingerprint density at radius 3 is 2.72 bits per heavy atom. The molecule has 2 N–H and O–H groups in total. The van der Waals surface area contributed by atoms with Gasteiger partial charge in [0.25, 0.3) is 11.5 Å². The molecular weight excluding hydrogens is 374 g/mol. The highest BCUT2D eigenvalue weighted by atomic mass is 16.3. The summed E-state index contributed by atoms with van der Waals surface area (Å²) in [6.07, 6.45) is 1.13. The number of aryl methyl sites for hydroxylation is 3. The maximum atomic E-state index is 12.4. The highest BCUT2D eigenvalue weighted by Gasteiger charge is 2.17. The zero-order valence-corrected chi connectivity index (χ0v) is 16.4. The summed E-state index contributed by atoms with van der Waals surface area (Å²) in [6, 6.07) is 7.52. The molecule has 0 atom stereocenters. The van der Waals surface area contributed by atoms with E-state index in [-0.39, 0.29) is 5.91 Å². The van der Waals surface area contributed by atoms with Gasteiger partial charge in [0.1, 0.15) is 16.9 Å². The van der Waals surface area contributed by atoms with Crippen molar-refractivity contribution >= 4 is 28.0 Å².